The molecule has 2 aromatic carbocycles. The minimum absolute atomic E-state index is 0.597. The maximum Gasteiger partial charge on any atom is 0.0991 e. The summed E-state index contributed by atoms with van der Waals surface area (Å²) >= 11 is 12.3. The molecule has 0 aliphatic carbocycles. The Morgan fingerprint density at radius 1 is 1.17 bits per heavy atom. The van der Waals surface area contributed by atoms with Crippen LogP contribution in [0.3, 0.4) is 0 Å². The van der Waals surface area contributed by atoms with Crippen molar-refractivity contribution in [3.63, 3.8) is 0 Å². The van der Waals surface area contributed by atoms with Gasteiger partial charge in [0.1, 0.15) is 0 Å². The second kappa shape index (κ2) is 7.35. The number of nitriles is 1. The minimum Gasteiger partial charge on any atom is -0.333 e. The van der Waals surface area contributed by atoms with Gasteiger partial charge in [-0.2, -0.15) is 5.26 Å². The highest BCUT2D eigenvalue weighted by Crippen LogP contribution is 2.27. The monoisotopic (exact) mass is 353 g/mol. The number of nitrogens with zero attached hydrogens (tertiary/aromatic N) is 3. The number of aromatic nitrogens is 2. The lowest BCUT2D eigenvalue weighted by Gasteiger charge is -2.10. The Morgan fingerprint density at radius 3 is 2.58 bits per heavy atom. The summed E-state index contributed by atoms with van der Waals surface area (Å²) in [5.41, 5.74) is 3.60. The molecule has 3 aromatic rings. The molecule has 0 aliphatic rings. The minimum atomic E-state index is 0.597. The number of rotatable bonds is 4. The van der Waals surface area contributed by atoms with Crippen LogP contribution in [0.25, 0.3) is 11.6 Å². The maximum absolute atomic E-state index is 8.97. The average Bonchev–Trinajstić information content (AvgIpc) is 3.10. The van der Waals surface area contributed by atoms with Crippen LogP contribution in [-0.2, 0) is 6.54 Å². The molecule has 5 heteroatoms. The second-order valence-electron chi connectivity index (χ2n) is 5.26. The fourth-order valence-electron chi connectivity index (χ4n) is 2.36. The van der Waals surface area contributed by atoms with Crippen molar-refractivity contribution < 1.29 is 0 Å². The Morgan fingerprint density at radius 2 is 1.96 bits per heavy atom. The fraction of sp³-hybridized carbons (Fsp3) is 0.0526. The Labute approximate surface area is 150 Å². The predicted octanol–water partition coefficient (Wildman–Crippen LogP) is 5.30. The van der Waals surface area contributed by atoms with Gasteiger partial charge in [-0.15, -0.1) is 0 Å². The van der Waals surface area contributed by atoms with Crippen molar-refractivity contribution in [2.45, 2.75) is 6.54 Å². The van der Waals surface area contributed by atoms with Crippen LogP contribution in [0.1, 0.15) is 16.7 Å². The van der Waals surface area contributed by atoms with Crippen molar-refractivity contribution in [2.24, 2.45) is 0 Å². The Kier molecular flexibility index (Phi) is 5.00. The van der Waals surface area contributed by atoms with Gasteiger partial charge in [-0.1, -0.05) is 41.4 Å². The van der Waals surface area contributed by atoms with Crippen LogP contribution in [0.2, 0.25) is 10.0 Å². The molecule has 0 fully saturated rings. The molecule has 0 amide bonds. The first kappa shape index (κ1) is 16.3. The van der Waals surface area contributed by atoms with Gasteiger partial charge in [0, 0.05) is 29.0 Å². The van der Waals surface area contributed by atoms with Crippen molar-refractivity contribution in [2.75, 3.05) is 0 Å². The van der Waals surface area contributed by atoms with E-state index in [1.54, 1.807) is 30.7 Å². The first-order valence-corrected chi connectivity index (χ1v) is 8.03. The van der Waals surface area contributed by atoms with Gasteiger partial charge in [-0.3, -0.25) is 0 Å². The molecule has 1 aromatic heterocycles. The molecule has 0 unspecified atom stereocenters. The molecular formula is C19H13Cl2N3. The van der Waals surface area contributed by atoms with Crippen LogP contribution >= 0.6 is 23.2 Å². The summed E-state index contributed by atoms with van der Waals surface area (Å²) in [6.07, 6.45) is 7.44. The fourth-order valence-corrected chi connectivity index (χ4v) is 2.83. The molecule has 0 aliphatic heterocycles. The molecule has 118 valence electrons. The number of allylic oxidation sites excluding steroid dienone is 1. The third-order valence-electron chi connectivity index (χ3n) is 3.59. The standard InChI is InChI=1S/C19H13Cl2N3/c20-18-6-5-16(19(21)10-18)9-17(12-24-8-7-23-13-24)15-3-1-14(11-22)2-4-15/h1-10,13H,12H2/b17-9+. The van der Waals surface area contributed by atoms with Gasteiger partial charge in [-0.25, -0.2) is 4.98 Å². The second-order valence-corrected chi connectivity index (χ2v) is 6.10. The summed E-state index contributed by atoms with van der Waals surface area (Å²) in [5.74, 6) is 0. The average molecular weight is 354 g/mol. The summed E-state index contributed by atoms with van der Waals surface area (Å²) < 4.78 is 1.98. The number of hydrogen-bond acceptors (Lipinski definition) is 2. The molecular weight excluding hydrogens is 341 g/mol. The summed E-state index contributed by atoms with van der Waals surface area (Å²) in [7, 11) is 0. The molecule has 0 radical (unpaired) electrons. The van der Waals surface area contributed by atoms with E-state index in [0.717, 1.165) is 16.7 Å². The molecule has 24 heavy (non-hydrogen) atoms. The van der Waals surface area contributed by atoms with Crippen molar-refractivity contribution in [1.82, 2.24) is 9.55 Å². The molecule has 0 saturated heterocycles. The maximum atomic E-state index is 8.97. The van der Waals surface area contributed by atoms with E-state index >= 15 is 0 Å². The molecule has 1 heterocycles. The third kappa shape index (κ3) is 3.86. The summed E-state index contributed by atoms with van der Waals surface area (Å²) in [6.45, 7) is 0.644. The number of benzene rings is 2. The smallest absolute Gasteiger partial charge is 0.0991 e. The highest BCUT2D eigenvalue weighted by atomic mass is 35.5. The topological polar surface area (TPSA) is 41.6 Å². The van der Waals surface area contributed by atoms with Crippen LogP contribution in [0.15, 0.2) is 61.2 Å². The number of hydrogen-bond donors (Lipinski definition) is 0. The zero-order valence-electron chi connectivity index (χ0n) is 12.7. The Bertz CT molecular complexity index is 905. The molecule has 0 bridgehead atoms. The Hall–Kier alpha value is -2.54. The first-order valence-electron chi connectivity index (χ1n) is 7.27. The zero-order valence-corrected chi connectivity index (χ0v) is 14.2. The van der Waals surface area contributed by atoms with Gasteiger partial charge in [0.2, 0.25) is 0 Å². The van der Waals surface area contributed by atoms with Gasteiger partial charge in [-0.05, 0) is 47.0 Å². The van der Waals surface area contributed by atoms with Crippen LogP contribution in [0.5, 0.6) is 0 Å². The molecule has 0 atom stereocenters. The van der Waals surface area contributed by atoms with E-state index in [-0.39, 0.29) is 0 Å². The highest BCUT2D eigenvalue weighted by molar-refractivity contribution is 6.35. The molecule has 3 rings (SSSR count). The van der Waals surface area contributed by atoms with Crippen LogP contribution in [0, 0.1) is 11.3 Å². The van der Waals surface area contributed by atoms with Gasteiger partial charge in [0.25, 0.3) is 0 Å². The van der Waals surface area contributed by atoms with Crippen LogP contribution in [0.4, 0.5) is 0 Å². The molecule has 0 saturated carbocycles. The molecule has 0 N–H and O–H groups in total. The predicted molar refractivity (Wildman–Crippen MR) is 97.7 cm³/mol. The van der Waals surface area contributed by atoms with E-state index in [1.165, 1.54) is 0 Å². The van der Waals surface area contributed by atoms with E-state index in [2.05, 4.69) is 11.1 Å². The number of imidazole rings is 1. The highest BCUT2D eigenvalue weighted by Gasteiger charge is 2.06. The third-order valence-corrected chi connectivity index (χ3v) is 4.15. The van der Waals surface area contributed by atoms with Gasteiger partial charge < -0.3 is 4.57 Å². The zero-order chi connectivity index (χ0) is 16.9. The van der Waals surface area contributed by atoms with Crippen molar-refractivity contribution in [3.05, 3.63) is 87.9 Å². The largest absolute Gasteiger partial charge is 0.333 e. The van der Waals surface area contributed by atoms with Gasteiger partial charge in [0.15, 0.2) is 0 Å². The van der Waals surface area contributed by atoms with Gasteiger partial charge >= 0.3 is 0 Å². The van der Waals surface area contributed by atoms with E-state index in [4.69, 9.17) is 28.5 Å². The molecule has 3 nitrogen and oxygen atoms in total. The lowest BCUT2D eigenvalue weighted by atomic mass is 10.0. The normalized spacial score (nSPS) is 11.3. The summed E-state index contributed by atoms with van der Waals surface area (Å²) in [6, 6.07) is 15.0. The SMILES string of the molecule is N#Cc1ccc(/C(=C/c2ccc(Cl)cc2Cl)Cn2ccnc2)cc1. The quantitative estimate of drug-likeness (QED) is 0.597. The van der Waals surface area contributed by atoms with E-state index in [9.17, 15) is 0 Å². The van der Waals surface area contributed by atoms with Crippen molar-refractivity contribution in [1.29, 1.82) is 5.26 Å². The van der Waals surface area contributed by atoms with Crippen molar-refractivity contribution >= 4 is 34.9 Å². The Balaban J connectivity index is 2.03. The van der Waals surface area contributed by atoms with E-state index < -0.39 is 0 Å². The summed E-state index contributed by atoms with van der Waals surface area (Å²) in [4.78, 5) is 4.08. The summed E-state index contributed by atoms with van der Waals surface area (Å²) in [5, 5.41) is 10.2. The lowest BCUT2D eigenvalue weighted by Crippen LogP contribution is -1.98. The van der Waals surface area contributed by atoms with Gasteiger partial charge in [0.05, 0.1) is 18.0 Å². The van der Waals surface area contributed by atoms with Crippen LogP contribution < -0.4 is 0 Å². The van der Waals surface area contributed by atoms with Crippen LogP contribution in [-0.4, -0.2) is 9.55 Å². The number of halogens is 2. The first-order chi connectivity index (χ1) is 11.7. The van der Waals surface area contributed by atoms with Crippen molar-refractivity contribution in [3.8, 4) is 6.07 Å². The van der Waals surface area contributed by atoms with E-state index in [0.29, 0.717) is 22.2 Å². The lowest BCUT2D eigenvalue weighted by molar-refractivity contribution is 0.836. The molecule has 0 spiro atoms. The van der Waals surface area contributed by atoms with E-state index in [1.807, 2.05) is 41.1 Å².